The number of carbonyl (C=O) groups excluding carboxylic acids is 2. The Morgan fingerprint density at radius 2 is 1.65 bits per heavy atom. The fraction of sp³-hybridized carbons (Fsp3) is 0.459. The number of methoxy groups -OCH3 is 1. The maximum Gasteiger partial charge on any atom is 0.251 e. The Bertz CT molecular complexity index is 1550. The third-order valence-electron chi connectivity index (χ3n) is 8.63. The molecule has 12 heteroatoms. The smallest absolute Gasteiger partial charge is 0.251 e. The zero-order chi connectivity index (χ0) is 34.0. The van der Waals surface area contributed by atoms with E-state index >= 15 is 0 Å². The molecule has 49 heavy (non-hydrogen) atoms. The number of piperidine rings is 1. The number of ether oxygens (including phenoxy) is 4. The quantitative estimate of drug-likeness (QED) is 0.156. The van der Waals surface area contributed by atoms with Crippen molar-refractivity contribution >= 4 is 47.4 Å². The predicted octanol–water partition coefficient (Wildman–Crippen LogP) is 6.80. The lowest BCUT2D eigenvalue weighted by Gasteiger charge is -2.36. The third kappa shape index (κ3) is 10.6. The molecule has 1 heterocycles. The molecular weight excluding hydrogens is 689 g/mol. The van der Waals surface area contributed by atoms with Gasteiger partial charge in [0.15, 0.2) is 5.75 Å². The second-order valence-electron chi connectivity index (χ2n) is 12.4. The second kappa shape index (κ2) is 18.7. The number of nitrogens with one attached hydrogen (secondary N) is 2. The average molecular weight is 735 g/mol. The summed E-state index contributed by atoms with van der Waals surface area (Å²) in [5.41, 5.74) is 3.24. The van der Waals surface area contributed by atoms with Gasteiger partial charge in [0.1, 0.15) is 24.7 Å². The Balaban J connectivity index is 0.00000541. The topological polar surface area (TPSA) is 98.4 Å². The van der Waals surface area contributed by atoms with Crippen molar-refractivity contribution in [2.75, 3.05) is 46.6 Å². The van der Waals surface area contributed by atoms with Gasteiger partial charge in [-0.25, -0.2) is 0 Å². The number of hydrogen-bond donors (Lipinski definition) is 2. The first kappa shape index (κ1) is 38.6. The molecule has 2 N–H and O–H groups in total. The molecule has 1 aliphatic carbocycles. The SMILES string of the molecule is COCCCOc1ccccc1CN(C(=O)C1CNCCC1NC(=O)c1ccc(OCCOc2c(Cl)cc(C)cc2Cl)cc1C)C1CC1.Cl. The highest BCUT2D eigenvalue weighted by molar-refractivity contribution is 6.37. The Morgan fingerprint density at radius 1 is 0.918 bits per heavy atom. The molecule has 0 bridgehead atoms. The molecule has 1 saturated heterocycles. The monoisotopic (exact) mass is 733 g/mol. The minimum absolute atomic E-state index is 0. The highest BCUT2D eigenvalue weighted by Gasteiger charge is 2.40. The molecule has 266 valence electrons. The van der Waals surface area contributed by atoms with Crippen LogP contribution in [0.2, 0.25) is 10.0 Å². The van der Waals surface area contributed by atoms with Gasteiger partial charge in [-0.3, -0.25) is 9.59 Å². The van der Waals surface area contributed by atoms with Gasteiger partial charge >= 0.3 is 0 Å². The first-order valence-corrected chi connectivity index (χ1v) is 17.3. The summed E-state index contributed by atoms with van der Waals surface area (Å²) in [6, 6.07) is 16.7. The van der Waals surface area contributed by atoms with E-state index in [2.05, 4.69) is 10.6 Å². The number of rotatable bonds is 16. The van der Waals surface area contributed by atoms with Gasteiger partial charge in [0.05, 0.1) is 22.6 Å². The van der Waals surface area contributed by atoms with E-state index in [1.807, 2.05) is 49.1 Å². The lowest BCUT2D eigenvalue weighted by atomic mass is 9.91. The molecule has 2 unspecified atom stereocenters. The standard InChI is InChI=1S/C37H45Cl2N3O6.ClH/c1-24-19-31(38)35(32(39)20-24)48-18-17-46-28-11-12-29(25(2)21-28)36(43)41-33-13-14-40-22-30(33)37(44)42(27-9-10-27)23-26-7-4-5-8-34(26)47-16-6-15-45-3;/h4-5,7-8,11-12,19-21,27,30,33,40H,6,9-10,13-18,22-23H2,1-3H3,(H,41,43);1H. The molecule has 0 radical (unpaired) electrons. The summed E-state index contributed by atoms with van der Waals surface area (Å²) in [6.45, 7) is 7.18. The molecule has 2 amide bonds. The van der Waals surface area contributed by atoms with Crippen LogP contribution < -0.4 is 24.8 Å². The molecule has 2 aliphatic rings. The van der Waals surface area contributed by atoms with Crippen molar-refractivity contribution in [1.29, 1.82) is 0 Å². The van der Waals surface area contributed by atoms with Crippen molar-refractivity contribution < 1.29 is 28.5 Å². The molecule has 9 nitrogen and oxygen atoms in total. The van der Waals surface area contributed by atoms with Gasteiger partial charge in [-0.1, -0.05) is 41.4 Å². The Kier molecular flexibility index (Phi) is 14.7. The third-order valence-corrected chi connectivity index (χ3v) is 9.20. The molecule has 5 rings (SSSR count). The first-order chi connectivity index (χ1) is 23.2. The van der Waals surface area contributed by atoms with Crippen LogP contribution in [-0.4, -0.2) is 75.4 Å². The molecule has 0 spiro atoms. The van der Waals surface area contributed by atoms with Crippen molar-refractivity contribution in [3.8, 4) is 17.2 Å². The summed E-state index contributed by atoms with van der Waals surface area (Å²) in [5.74, 6) is 1.30. The summed E-state index contributed by atoms with van der Waals surface area (Å²) in [7, 11) is 1.68. The number of hydrogen-bond acceptors (Lipinski definition) is 7. The van der Waals surface area contributed by atoms with Crippen LogP contribution in [0.5, 0.6) is 17.2 Å². The summed E-state index contributed by atoms with van der Waals surface area (Å²) < 4.78 is 22.8. The van der Waals surface area contributed by atoms with E-state index in [0.717, 1.165) is 48.2 Å². The van der Waals surface area contributed by atoms with Gasteiger partial charge in [-0.15, -0.1) is 12.4 Å². The van der Waals surface area contributed by atoms with Crippen molar-refractivity contribution in [3.63, 3.8) is 0 Å². The normalized spacial score (nSPS) is 17.1. The number of amides is 2. The van der Waals surface area contributed by atoms with Crippen LogP contribution >= 0.6 is 35.6 Å². The van der Waals surface area contributed by atoms with Crippen LogP contribution in [-0.2, 0) is 16.1 Å². The zero-order valence-corrected chi connectivity index (χ0v) is 30.6. The molecule has 3 aromatic rings. The van der Waals surface area contributed by atoms with Crippen LogP contribution in [0, 0.1) is 19.8 Å². The summed E-state index contributed by atoms with van der Waals surface area (Å²) >= 11 is 12.5. The van der Waals surface area contributed by atoms with Gasteiger partial charge in [0.25, 0.3) is 5.91 Å². The number of carbonyl (C=O) groups is 2. The maximum atomic E-state index is 14.1. The number of para-hydroxylation sites is 1. The number of benzene rings is 3. The largest absolute Gasteiger partial charge is 0.493 e. The van der Waals surface area contributed by atoms with Gasteiger partial charge < -0.3 is 34.5 Å². The van der Waals surface area contributed by atoms with Crippen LogP contribution in [0.4, 0.5) is 0 Å². The molecule has 2 fully saturated rings. The number of aryl methyl sites for hydroxylation is 2. The first-order valence-electron chi connectivity index (χ1n) is 16.6. The van der Waals surface area contributed by atoms with Gasteiger partial charge in [0.2, 0.25) is 5.91 Å². The highest BCUT2D eigenvalue weighted by atomic mass is 35.5. The van der Waals surface area contributed by atoms with Crippen molar-refractivity contribution in [3.05, 3.63) is 86.9 Å². The second-order valence-corrected chi connectivity index (χ2v) is 13.2. The number of halogens is 3. The van der Waals surface area contributed by atoms with Crippen LogP contribution in [0.3, 0.4) is 0 Å². The van der Waals surface area contributed by atoms with E-state index in [1.54, 1.807) is 31.4 Å². The Hall–Kier alpha value is -3.21. The van der Waals surface area contributed by atoms with Crippen LogP contribution in [0.1, 0.15) is 52.7 Å². The molecule has 0 aromatic heterocycles. The molecule has 1 aliphatic heterocycles. The molecule has 3 aromatic carbocycles. The van der Waals surface area contributed by atoms with E-state index in [1.165, 1.54) is 0 Å². The van der Waals surface area contributed by atoms with E-state index < -0.39 is 0 Å². The fourth-order valence-corrected chi connectivity index (χ4v) is 6.68. The summed E-state index contributed by atoms with van der Waals surface area (Å²) in [5, 5.41) is 7.47. The molecule has 1 saturated carbocycles. The number of nitrogens with zero attached hydrogens (tertiary/aromatic N) is 1. The lowest BCUT2D eigenvalue weighted by Crippen LogP contribution is -2.55. The summed E-state index contributed by atoms with van der Waals surface area (Å²) in [6.07, 6.45) is 3.41. The van der Waals surface area contributed by atoms with Gasteiger partial charge in [-0.05, 0) is 87.2 Å². The predicted molar refractivity (Wildman–Crippen MR) is 195 cm³/mol. The van der Waals surface area contributed by atoms with Crippen LogP contribution in [0.25, 0.3) is 0 Å². The summed E-state index contributed by atoms with van der Waals surface area (Å²) in [4.78, 5) is 29.7. The fourth-order valence-electron chi connectivity index (χ4n) is 5.98. The van der Waals surface area contributed by atoms with Crippen molar-refractivity contribution in [2.45, 2.75) is 58.2 Å². The minimum Gasteiger partial charge on any atom is -0.493 e. The van der Waals surface area contributed by atoms with E-state index in [-0.39, 0.29) is 55.4 Å². The maximum absolute atomic E-state index is 14.1. The lowest BCUT2D eigenvalue weighted by molar-refractivity contribution is -0.138. The van der Waals surface area contributed by atoms with Gasteiger partial charge in [0, 0.05) is 56.4 Å². The van der Waals surface area contributed by atoms with E-state index in [0.29, 0.717) is 59.8 Å². The Labute approximate surface area is 305 Å². The molecule has 2 atom stereocenters. The Morgan fingerprint density at radius 3 is 2.37 bits per heavy atom. The molecular formula is C37H46Cl3N3O6. The highest BCUT2D eigenvalue weighted by Crippen LogP contribution is 2.35. The van der Waals surface area contributed by atoms with E-state index in [9.17, 15) is 9.59 Å². The average Bonchev–Trinajstić information content (AvgIpc) is 3.91. The van der Waals surface area contributed by atoms with Gasteiger partial charge in [-0.2, -0.15) is 0 Å². The van der Waals surface area contributed by atoms with E-state index in [4.69, 9.17) is 42.1 Å². The van der Waals surface area contributed by atoms with Crippen molar-refractivity contribution in [2.24, 2.45) is 5.92 Å². The zero-order valence-electron chi connectivity index (χ0n) is 28.3. The minimum atomic E-state index is -0.378. The van der Waals surface area contributed by atoms with Crippen LogP contribution in [0.15, 0.2) is 54.6 Å². The van der Waals surface area contributed by atoms with Crippen molar-refractivity contribution in [1.82, 2.24) is 15.5 Å².